The number of thiophene rings is 1. The van der Waals surface area contributed by atoms with E-state index >= 15 is 0 Å². The predicted octanol–water partition coefficient (Wildman–Crippen LogP) is 3.73. The van der Waals surface area contributed by atoms with E-state index in [1.165, 1.54) is 18.4 Å². The fraction of sp³-hybridized carbons (Fsp3) is 0.182. The second-order valence-corrected chi connectivity index (χ2v) is 5.26. The number of rotatable bonds is 4. The minimum atomic E-state index is -0.728. The van der Waals surface area contributed by atoms with E-state index in [4.69, 9.17) is 11.6 Å². The van der Waals surface area contributed by atoms with Crippen LogP contribution in [0.4, 0.5) is 20.4 Å². The highest BCUT2D eigenvalue weighted by molar-refractivity contribution is 7.16. The van der Waals surface area contributed by atoms with Crippen molar-refractivity contribution < 1.29 is 8.78 Å². The van der Waals surface area contributed by atoms with Gasteiger partial charge in [-0.05, 0) is 12.1 Å². The van der Waals surface area contributed by atoms with Crippen LogP contribution in [0.1, 0.15) is 4.88 Å². The Morgan fingerprint density at radius 2 is 2.00 bits per heavy atom. The fourth-order valence-electron chi connectivity index (χ4n) is 1.38. The Kier molecular flexibility index (Phi) is 3.98. The number of hydrogen-bond donors (Lipinski definition) is 2. The first kappa shape index (κ1) is 13.0. The van der Waals surface area contributed by atoms with E-state index in [1.807, 2.05) is 6.07 Å². The molecule has 0 saturated carbocycles. The maximum absolute atomic E-state index is 13.5. The topological polar surface area (TPSA) is 37.0 Å². The standard InChI is InChI=1S/C11H10ClF2N3S/c1-15-10-7(13)4-8(14)11(17-10)16-5-6-2-3-9(12)18-6/h2-4H,5H2,1H3,(H2,15,16,17). The summed E-state index contributed by atoms with van der Waals surface area (Å²) < 4.78 is 27.3. The summed E-state index contributed by atoms with van der Waals surface area (Å²) in [7, 11) is 1.52. The summed E-state index contributed by atoms with van der Waals surface area (Å²) >= 11 is 7.17. The summed E-state index contributed by atoms with van der Waals surface area (Å²) in [6.07, 6.45) is 0. The van der Waals surface area contributed by atoms with Crippen LogP contribution in [0, 0.1) is 11.6 Å². The lowest BCUT2D eigenvalue weighted by Gasteiger charge is -2.08. The summed E-state index contributed by atoms with van der Waals surface area (Å²) in [5.74, 6) is -1.44. The Morgan fingerprint density at radius 1 is 1.28 bits per heavy atom. The second kappa shape index (κ2) is 5.49. The molecule has 18 heavy (non-hydrogen) atoms. The molecular weight excluding hydrogens is 280 g/mol. The van der Waals surface area contributed by atoms with Crippen molar-refractivity contribution in [1.29, 1.82) is 0 Å². The monoisotopic (exact) mass is 289 g/mol. The number of halogens is 3. The molecule has 0 amide bonds. The first-order valence-electron chi connectivity index (χ1n) is 5.12. The average molecular weight is 290 g/mol. The molecule has 0 aromatic carbocycles. The smallest absolute Gasteiger partial charge is 0.168 e. The van der Waals surface area contributed by atoms with Crippen LogP contribution in [0.5, 0.6) is 0 Å². The normalized spacial score (nSPS) is 10.4. The first-order chi connectivity index (χ1) is 8.60. The Balaban J connectivity index is 2.13. The van der Waals surface area contributed by atoms with E-state index in [-0.39, 0.29) is 11.6 Å². The van der Waals surface area contributed by atoms with Gasteiger partial charge in [0.05, 0.1) is 10.9 Å². The zero-order valence-corrected chi connectivity index (χ0v) is 11.0. The fourth-order valence-corrected chi connectivity index (χ4v) is 2.41. The summed E-state index contributed by atoms with van der Waals surface area (Å²) in [5, 5.41) is 5.36. The number of aromatic nitrogens is 1. The maximum atomic E-state index is 13.5. The van der Waals surface area contributed by atoms with Gasteiger partial charge < -0.3 is 10.6 Å². The zero-order chi connectivity index (χ0) is 13.1. The summed E-state index contributed by atoms with van der Waals surface area (Å²) in [6, 6.07) is 4.39. The minimum absolute atomic E-state index is 0.00288. The van der Waals surface area contributed by atoms with Crippen LogP contribution in [-0.4, -0.2) is 12.0 Å². The highest BCUT2D eigenvalue weighted by Crippen LogP contribution is 2.23. The van der Waals surface area contributed by atoms with E-state index < -0.39 is 11.6 Å². The Hall–Kier alpha value is -1.40. The third-order valence-electron chi connectivity index (χ3n) is 2.23. The van der Waals surface area contributed by atoms with Crippen molar-refractivity contribution >= 4 is 34.6 Å². The number of hydrogen-bond acceptors (Lipinski definition) is 4. The molecule has 0 fully saturated rings. The quantitative estimate of drug-likeness (QED) is 0.900. The molecule has 3 nitrogen and oxygen atoms in total. The van der Waals surface area contributed by atoms with Crippen molar-refractivity contribution in [3.63, 3.8) is 0 Å². The average Bonchev–Trinajstić information content (AvgIpc) is 2.74. The molecular formula is C11H10ClF2N3S. The van der Waals surface area contributed by atoms with Gasteiger partial charge in [0.2, 0.25) is 0 Å². The molecule has 2 aromatic rings. The van der Waals surface area contributed by atoms with Gasteiger partial charge in [-0.2, -0.15) is 0 Å². The third kappa shape index (κ3) is 2.88. The van der Waals surface area contributed by atoms with Crippen molar-refractivity contribution in [2.75, 3.05) is 17.7 Å². The highest BCUT2D eigenvalue weighted by Gasteiger charge is 2.10. The lowest BCUT2D eigenvalue weighted by Crippen LogP contribution is -2.06. The Bertz CT molecular complexity index is 559. The molecule has 0 atom stereocenters. The largest absolute Gasteiger partial charge is 0.371 e. The molecule has 0 aliphatic carbocycles. The SMILES string of the molecule is CNc1nc(NCc2ccc(Cl)s2)c(F)cc1F. The summed E-state index contributed by atoms with van der Waals surface area (Å²) in [5.41, 5.74) is 0. The van der Waals surface area contributed by atoms with E-state index in [2.05, 4.69) is 15.6 Å². The van der Waals surface area contributed by atoms with Crippen LogP contribution < -0.4 is 10.6 Å². The van der Waals surface area contributed by atoms with E-state index in [0.717, 1.165) is 10.9 Å². The number of pyridine rings is 1. The molecule has 2 N–H and O–H groups in total. The summed E-state index contributed by atoms with van der Waals surface area (Å²) in [4.78, 5) is 4.75. The van der Waals surface area contributed by atoms with Crippen LogP contribution in [0.2, 0.25) is 4.34 Å². The molecule has 0 aliphatic rings. The van der Waals surface area contributed by atoms with Crippen LogP contribution in [-0.2, 0) is 6.54 Å². The van der Waals surface area contributed by atoms with E-state index in [9.17, 15) is 8.78 Å². The van der Waals surface area contributed by atoms with Gasteiger partial charge >= 0.3 is 0 Å². The molecule has 0 saturated heterocycles. The van der Waals surface area contributed by atoms with Crippen molar-refractivity contribution in [1.82, 2.24) is 4.98 Å². The Morgan fingerprint density at radius 3 is 2.61 bits per heavy atom. The molecule has 0 aliphatic heterocycles. The molecule has 0 radical (unpaired) electrons. The van der Waals surface area contributed by atoms with E-state index in [1.54, 1.807) is 6.07 Å². The Labute approximate surface area is 112 Å². The predicted molar refractivity (Wildman–Crippen MR) is 70.4 cm³/mol. The number of nitrogens with zero attached hydrogens (tertiary/aromatic N) is 1. The first-order valence-corrected chi connectivity index (χ1v) is 6.31. The zero-order valence-electron chi connectivity index (χ0n) is 9.43. The molecule has 0 unspecified atom stereocenters. The lowest BCUT2D eigenvalue weighted by molar-refractivity contribution is 0.579. The van der Waals surface area contributed by atoms with Gasteiger partial charge in [0.25, 0.3) is 0 Å². The molecule has 0 bridgehead atoms. The van der Waals surface area contributed by atoms with Crippen molar-refractivity contribution in [3.8, 4) is 0 Å². The van der Waals surface area contributed by atoms with Gasteiger partial charge in [-0.1, -0.05) is 11.6 Å². The highest BCUT2D eigenvalue weighted by atomic mass is 35.5. The van der Waals surface area contributed by atoms with Crippen molar-refractivity contribution in [2.24, 2.45) is 0 Å². The molecule has 2 aromatic heterocycles. The molecule has 2 heterocycles. The van der Waals surface area contributed by atoms with Gasteiger partial charge in [0.15, 0.2) is 23.3 Å². The molecule has 2 rings (SSSR count). The second-order valence-electron chi connectivity index (χ2n) is 3.46. The van der Waals surface area contributed by atoms with Crippen LogP contribution >= 0.6 is 22.9 Å². The van der Waals surface area contributed by atoms with Gasteiger partial charge in [0, 0.05) is 18.0 Å². The molecule has 96 valence electrons. The van der Waals surface area contributed by atoms with Crippen molar-refractivity contribution in [3.05, 3.63) is 39.0 Å². The van der Waals surface area contributed by atoms with Crippen LogP contribution in [0.3, 0.4) is 0 Å². The van der Waals surface area contributed by atoms with Gasteiger partial charge in [-0.25, -0.2) is 13.8 Å². The van der Waals surface area contributed by atoms with E-state index in [0.29, 0.717) is 10.9 Å². The maximum Gasteiger partial charge on any atom is 0.168 e. The van der Waals surface area contributed by atoms with Gasteiger partial charge in [-0.3, -0.25) is 0 Å². The summed E-state index contributed by atoms with van der Waals surface area (Å²) in [6.45, 7) is 0.385. The van der Waals surface area contributed by atoms with Gasteiger partial charge in [0.1, 0.15) is 0 Å². The molecule has 7 heteroatoms. The van der Waals surface area contributed by atoms with Crippen molar-refractivity contribution in [2.45, 2.75) is 6.54 Å². The number of nitrogens with one attached hydrogen (secondary N) is 2. The van der Waals surface area contributed by atoms with Crippen LogP contribution in [0.15, 0.2) is 18.2 Å². The van der Waals surface area contributed by atoms with Crippen LogP contribution in [0.25, 0.3) is 0 Å². The minimum Gasteiger partial charge on any atom is -0.371 e. The van der Waals surface area contributed by atoms with Gasteiger partial charge in [-0.15, -0.1) is 11.3 Å². The number of anilines is 2. The molecule has 0 spiro atoms. The third-order valence-corrected chi connectivity index (χ3v) is 3.46. The lowest BCUT2D eigenvalue weighted by atomic mass is 10.4.